The van der Waals surface area contributed by atoms with Crippen LogP contribution in [0, 0.1) is 13.8 Å². The van der Waals surface area contributed by atoms with Gasteiger partial charge in [-0.1, -0.05) is 30.7 Å². The SMILES string of the molecule is CC[C@H](Sc1ccc(Cl)cc1)C(=O)NCCOc1cccc(C)c1C. The quantitative estimate of drug-likeness (QED) is 0.518. The molecule has 0 unspecified atom stereocenters. The fourth-order valence-electron chi connectivity index (χ4n) is 2.33. The van der Waals surface area contributed by atoms with Crippen LogP contribution in [0.1, 0.15) is 24.5 Å². The van der Waals surface area contributed by atoms with Gasteiger partial charge in [-0.3, -0.25) is 4.79 Å². The lowest BCUT2D eigenvalue weighted by Crippen LogP contribution is -2.35. The third kappa shape index (κ3) is 5.98. The number of thioether (sulfide) groups is 1. The predicted molar refractivity (Wildman–Crippen MR) is 106 cm³/mol. The minimum absolute atomic E-state index is 0.0343. The van der Waals surface area contributed by atoms with E-state index in [1.165, 1.54) is 5.56 Å². The van der Waals surface area contributed by atoms with Crippen LogP contribution >= 0.6 is 23.4 Å². The molecule has 0 radical (unpaired) electrons. The molecule has 0 spiro atoms. The van der Waals surface area contributed by atoms with Crippen LogP contribution in [0.25, 0.3) is 0 Å². The number of rotatable bonds is 8. The lowest BCUT2D eigenvalue weighted by Gasteiger charge is -2.15. The summed E-state index contributed by atoms with van der Waals surface area (Å²) in [6, 6.07) is 13.5. The highest BCUT2D eigenvalue weighted by Crippen LogP contribution is 2.26. The van der Waals surface area contributed by atoms with Gasteiger partial charge in [0.2, 0.25) is 5.91 Å². The van der Waals surface area contributed by atoms with E-state index < -0.39 is 0 Å². The molecule has 1 amide bonds. The van der Waals surface area contributed by atoms with E-state index in [4.69, 9.17) is 16.3 Å². The maximum atomic E-state index is 12.4. The Balaban J connectivity index is 1.79. The molecule has 1 atom stereocenters. The van der Waals surface area contributed by atoms with Gasteiger partial charge in [0, 0.05) is 9.92 Å². The van der Waals surface area contributed by atoms with Crippen LogP contribution in [0.4, 0.5) is 0 Å². The van der Waals surface area contributed by atoms with Crippen LogP contribution in [0.5, 0.6) is 5.75 Å². The maximum absolute atomic E-state index is 12.4. The lowest BCUT2D eigenvalue weighted by atomic mass is 10.1. The molecular formula is C20H24ClNO2S. The highest BCUT2D eigenvalue weighted by atomic mass is 35.5. The number of aryl methyl sites for hydroxylation is 1. The van der Waals surface area contributed by atoms with Crippen LogP contribution in [0.15, 0.2) is 47.4 Å². The van der Waals surface area contributed by atoms with Crippen molar-refractivity contribution in [2.24, 2.45) is 0 Å². The van der Waals surface area contributed by atoms with Crippen molar-refractivity contribution in [3.05, 3.63) is 58.6 Å². The number of benzene rings is 2. The van der Waals surface area contributed by atoms with Gasteiger partial charge in [-0.15, -0.1) is 11.8 Å². The van der Waals surface area contributed by atoms with Crippen molar-refractivity contribution in [3.8, 4) is 5.75 Å². The molecule has 0 saturated heterocycles. The van der Waals surface area contributed by atoms with E-state index in [1.54, 1.807) is 11.8 Å². The number of hydrogen-bond donors (Lipinski definition) is 1. The Kier molecular flexibility index (Phi) is 7.66. The molecule has 3 nitrogen and oxygen atoms in total. The minimum Gasteiger partial charge on any atom is -0.491 e. The van der Waals surface area contributed by atoms with Gasteiger partial charge < -0.3 is 10.1 Å². The van der Waals surface area contributed by atoms with Gasteiger partial charge in [0.25, 0.3) is 0 Å². The van der Waals surface area contributed by atoms with Crippen LogP contribution in [-0.4, -0.2) is 24.3 Å². The van der Waals surface area contributed by atoms with Crippen LogP contribution < -0.4 is 10.1 Å². The first-order chi connectivity index (χ1) is 12.0. The summed E-state index contributed by atoms with van der Waals surface area (Å²) in [6.45, 7) is 7.06. The normalized spacial score (nSPS) is 11.8. The summed E-state index contributed by atoms with van der Waals surface area (Å²) in [5.41, 5.74) is 2.34. The monoisotopic (exact) mass is 377 g/mol. The van der Waals surface area contributed by atoms with Gasteiger partial charge in [0.05, 0.1) is 11.8 Å². The number of amides is 1. The first kappa shape index (κ1) is 19.7. The summed E-state index contributed by atoms with van der Waals surface area (Å²) in [4.78, 5) is 13.4. The summed E-state index contributed by atoms with van der Waals surface area (Å²) >= 11 is 7.45. The molecule has 0 heterocycles. The number of carbonyl (C=O) groups is 1. The van der Waals surface area contributed by atoms with Gasteiger partial charge in [-0.05, 0) is 61.7 Å². The van der Waals surface area contributed by atoms with Crippen molar-refractivity contribution in [1.29, 1.82) is 0 Å². The molecular weight excluding hydrogens is 354 g/mol. The Hall–Kier alpha value is -1.65. The van der Waals surface area contributed by atoms with Crippen molar-refractivity contribution in [2.45, 2.75) is 37.3 Å². The van der Waals surface area contributed by atoms with Crippen LogP contribution in [-0.2, 0) is 4.79 Å². The molecule has 0 bridgehead atoms. The third-order valence-electron chi connectivity index (χ3n) is 3.97. The molecule has 2 aromatic carbocycles. The van der Waals surface area contributed by atoms with E-state index in [1.807, 2.05) is 50.2 Å². The van der Waals surface area contributed by atoms with E-state index in [2.05, 4.69) is 18.3 Å². The molecule has 0 aliphatic rings. The van der Waals surface area contributed by atoms with Gasteiger partial charge in [0.1, 0.15) is 12.4 Å². The van der Waals surface area contributed by atoms with Gasteiger partial charge in [-0.2, -0.15) is 0 Å². The summed E-state index contributed by atoms with van der Waals surface area (Å²) in [6.07, 6.45) is 0.761. The topological polar surface area (TPSA) is 38.3 Å². The standard InChI is InChI=1S/C20H24ClNO2S/c1-4-19(25-17-10-8-16(21)9-11-17)20(23)22-12-13-24-18-7-5-6-14(2)15(18)3/h5-11,19H,4,12-13H2,1-3H3,(H,22,23)/t19-/m0/s1. The number of hydrogen-bond acceptors (Lipinski definition) is 3. The number of carbonyl (C=O) groups excluding carboxylic acids is 1. The minimum atomic E-state index is -0.123. The zero-order valence-corrected chi connectivity index (χ0v) is 16.4. The number of halogens is 1. The van der Waals surface area contributed by atoms with Crippen LogP contribution in [0.2, 0.25) is 5.02 Å². The fraction of sp³-hybridized carbons (Fsp3) is 0.350. The van der Waals surface area contributed by atoms with Crippen molar-refractivity contribution < 1.29 is 9.53 Å². The molecule has 5 heteroatoms. The van der Waals surface area contributed by atoms with E-state index in [9.17, 15) is 4.79 Å². The van der Waals surface area contributed by atoms with E-state index in [0.717, 1.165) is 22.6 Å². The first-order valence-electron chi connectivity index (χ1n) is 8.40. The second kappa shape index (κ2) is 9.73. The largest absolute Gasteiger partial charge is 0.491 e. The van der Waals surface area contributed by atoms with Crippen LogP contribution in [0.3, 0.4) is 0 Å². The average molecular weight is 378 g/mol. The highest BCUT2D eigenvalue weighted by molar-refractivity contribution is 8.00. The molecule has 25 heavy (non-hydrogen) atoms. The Morgan fingerprint density at radius 2 is 1.92 bits per heavy atom. The summed E-state index contributed by atoms with van der Waals surface area (Å²) in [5, 5.41) is 3.54. The molecule has 2 rings (SSSR count). The second-order valence-corrected chi connectivity index (χ2v) is 7.52. The third-order valence-corrected chi connectivity index (χ3v) is 5.60. The molecule has 0 saturated carbocycles. The van der Waals surface area contributed by atoms with Gasteiger partial charge >= 0.3 is 0 Å². The predicted octanol–water partition coefficient (Wildman–Crippen LogP) is 5.02. The van der Waals surface area contributed by atoms with Crippen molar-refractivity contribution >= 4 is 29.3 Å². The Labute approximate surface area is 159 Å². The van der Waals surface area contributed by atoms with Crippen molar-refractivity contribution in [2.75, 3.05) is 13.2 Å². The van der Waals surface area contributed by atoms with Gasteiger partial charge in [0.15, 0.2) is 0 Å². The second-order valence-electron chi connectivity index (χ2n) is 5.81. The molecule has 0 fully saturated rings. The first-order valence-corrected chi connectivity index (χ1v) is 9.66. The van der Waals surface area contributed by atoms with Crippen molar-refractivity contribution in [3.63, 3.8) is 0 Å². The molecule has 1 N–H and O–H groups in total. The molecule has 0 aliphatic carbocycles. The van der Waals surface area contributed by atoms with E-state index in [-0.39, 0.29) is 11.2 Å². The average Bonchev–Trinajstić information content (AvgIpc) is 2.61. The zero-order valence-electron chi connectivity index (χ0n) is 14.8. The number of ether oxygens (including phenoxy) is 1. The molecule has 134 valence electrons. The summed E-state index contributed by atoms with van der Waals surface area (Å²) in [5.74, 6) is 0.906. The number of nitrogens with one attached hydrogen (secondary N) is 1. The fourth-order valence-corrected chi connectivity index (χ4v) is 3.43. The highest BCUT2D eigenvalue weighted by Gasteiger charge is 2.17. The molecule has 2 aromatic rings. The Morgan fingerprint density at radius 3 is 2.60 bits per heavy atom. The summed E-state index contributed by atoms with van der Waals surface area (Å²) in [7, 11) is 0. The smallest absolute Gasteiger partial charge is 0.233 e. The van der Waals surface area contributed by atoms with Crippen molar-refractivity contribution in [1.82, 2.24) is 5.32 Å². The molecule has 0 aromatic heterocycles. The molecule has 0 aliphatic heterocycles. The van der Waals surface area contributed by atoms with E-state index >= 15 is 0 Å². The Bertz CT molecular complexity index is 703. The van der Waals surface area contributed by atoms with Gasteiger partial charge in [-0.25, -0.2) is 0 Å². The van der Waals surface area contributed by atoms with E-state index in [0.29, 0.717) is 18.2 Å². The Morgan fingerprint density at radius 1 is 1.20 bits per heavy atom. The zero-order chi connectivity index (χ0) is 18.2. The lowest BCUT2D eigenvalue weighted by molar-refractivity contribution is -0.120. The maximum Gasteiger partial charge on any atom is 0.233 e. The summed E-state index contributed by atoms with van der Waals surface area (Å²) < 4.78 is 5.78.